The molecule has 0 radical (unpaired) electrons. The van der Waals surface area contributed by atoms with Crippen LogP contribution in [0.15, 0.2) is 76.0 Å². The van der Waals surface area contributed by atoms with Crippen LogP contribution >= 0.6 is 23.1 Å². The molecule has 0 spiro atoms. The molecule has 9 heteroatoms. The quantitative estimate of drug-likeness (QED) is 0.489. The molecular formula is C23H18N4O3S2. The van der Waals surface area contributed by atoms with E-state index in [2.05, 4.69) is 10.4 Å². The third-order valence-corrected chi connectivity index (χ3v) is 7.13. The van der Waals surface area contributed by atoms with Gasteiger partial charge in [0.25, 0.3) is 5.56 Å². The van der Waals surface area contributed by atoms with E-state index in [1.165, 1.54) is 29.4 Å². The van der Waals surface area contributed by atoms with Crippen LogP contribution < -0.4 is 15.9 Å². The zero-order valence-corrected chi connectivity index (χ0v) is 18.5. The van der Waals surface area contributed by atoms with Crippen LogP contribution in [0, 0.1) is 0 Å². The lowest BCUT2D eigenvalue weighted by Crippen LogP contribution is -2.39. The fourth-order valence-electron chi connectivity index (χ4n) is 3.64. The van der Waals surface area contributed by atoms with Gasteiger partial charge < -0.3 is 4.90 Å². The number of para-hydroxylation sites is 1. The summed E-state index contributed by atoms with van der Waals surface area (Å²) >= 11 is 2.89. The second-order valence-electron chi connectivity index (χ2n) is 7.20. The smallest absolute Gasteiger partial charge is 0.281 e. The summed E-state index contributed by atoms with van der Waals surface area (Å²) in [6, 6.07) is 17.2. The molecular weight excluding hydrogens is 444 g/mol. The highest BCUT2D eigenvalue weighted by molar-refractivity contribution is 8.00. The van der Waals surface area contributed by atoms with Crippen LogP contribution in [0.1, 0.15) is 6.42 Å². The number of nitrogens with zero attached hydrogens (tertiary/aromatic N) is 3. The zero-order valence-electron chi connectivity index (χ0n) is 16.9. The Balaban J connectivity index is 1.35. The number of hydrogen-bond donors (Lipinski definition) is 1. The lowest BCUT2D eigenvalue weighted by molar-refractivity contribution is -0.117. The Morgan fingerprint density at radius 1 is 1.06 bits per heavy atom. The maximum Gasteiger partial charge on any atom is 0.281 e. The Bertz CT molecular complexity index is 1380. The lowest BCUT2D eigenvalue weighted by Gasteiger charge is -2.28. The first kappa shape index (κ1) is 20.5. The predicted molar refractivity (Wildman–Crippen MR) is 128 cm³/mol. The molecule has 1 N–H and O–H groups in total. The van der Waals surface area contributed by atoms with Crippen LogP contribution in [-0.2, 0) is 9.59 Å². The molecule has 0 bridgehead atoms. The van der Waals surface area contributed by atoms with E-state index in [1.54, 1.807) is 4.90 Å². The molecule has 0 unspecified atom stereocenters. The third-order valence-electron chi connectivity index (χ3n) is 5.20. The van der Waals surface area contributed by atoms with Crippen LogP contribution in [0.25, 0.3) is 21.3 Å². The number of thioether (sulfide) groups is 1. The van der Waals surface area contributed by atoms with Gasteiger partial charge in [0.05, 0.1) is 16.8 Å². The molecule has 1 aliphatic heterocycles. The van der Waals surface area contributed by atoms with E-state index in [0.717, 1.165) is 26.4 Å². The van der Waals surface area contributed by atoms with Crippen molar-refractivity contribution >= 4 is 50.8 Å². The fourth-order valence-corrected chi connectivity index (χ4v) is 5.49. The average Bonchev–Trinajstić information content (AvgIpc) is 3.26. The molecule has 7 nitrogen and oxygen atoms in total. The van der Waals surface area contributed by atoms with Gasteiger partial charge in [-0.05, 0) is 17.7 Å². The maximum absolute atomic E-state index is 13.1. The standard InChI is InChI=1S/C23H18N4O3S2/c28-19(10-11-26-17-8-4-5-9-18(17)31-13-20(26)29)25-27-14-24-22-21(23(27)30)16(12-32-22)15-6-2-1-3-7-15/h1-9,12,14H,10-11,13H2,(H,25,28). The SMILES string of the molecule is O=C(CCN1C(=O)CSc2ccccc21)Nn1cnc2scc(-c3ccccc3)c2c1=O. The minimum absolute atomic E-state index is 0.0347. The number of aromatic nitrogens is 2. The molecule has 2 aromatic carbocycles. The third kappa shape index (κ3) is 3.80. The second kappa shape index (κ2) is 8.60. The van der Waals surface area contributed by atoms with E-state index in [1.807, 2.05) is 60.0 Å². The van der Waals surface area contributed by atoms with Crippen molar-refractivity contribution in [2.24, 2.45) is 0 Å². The maximum atomic E-state index is 13.1. The van der Waals surface area contributed by atoms with E-state index in [4.69, 9.17) is 0 Å². The van der Waals surface area contributed by atoms with Crippen molar-refractivity contribution in [1.29, 1.82) is 0 Å². The van der Waals surface area contributed by atoms with Crippen LogP contribution in [0.5, 0.6) is 0 Å². The topological polar surface area (TPSA) is 84.3 Å². The number of nitrogens with one attached hydrogen (secondary N) is 1. The van der Waals surface area contributed by atoms with Crippen LogP contribution in [-0.4, -0.2) is 33.8 Å². The normalized spacial score (nSPS) is 13.2. The summed E-state index contributed by atoms with van der Waals surface area (Å²) in [7, 11) is 0. The molecule has 1 aliphatic rings. The summed E-state index contributed by atoms with van der Waals surface area (Å²) < 4.78 is 1.12. The number of hydrogen-bond acceptors (Lipinski definition) is 6. The van der Waals surface area contributed by atoms with Crippen molar-refractivity contribution in [2.45, 2.75) is 11.3 Å². The molecule has 2 aromatic heterocycles. The van der Waals surface area contributed by atoms with E-state index in [0.29, 0.717) is 16.0 Å². The van der Waals surface area contributed by atoms with Crippen molar-refractivity contribution < 1.29 is 9.59 Å². The summed E-state index contributed by atoms with van der Waals surface area (Å²) in [5, 5.41) is 2.37. The second-order valence-corrected chi connectivity index (χ2v) is 9.08. The molecule has 0 fully saturated rings. The van der Waals surface area contributed by atoms with Gasteiger partial charge >= 0.3 is 0 Å². The highest BCUT2D eigenvalue weighted by Gasteiger charge is 2.24. The van der Waals surface area contributed by atoms with Crippen LogP contribution in [0.3, 0.4) is 0 Å². The number of carbonyl (C=O) groups excluding carboxylic acids is 2. The molecule has 2 amide bonds. The van der Waals surface area contributed by atoms with Gasteiger partial charge in [0.15, 0.2) is 0 Å². The van der Waals surface area contributed by atoms with Gasteiger partial charge in [0, 0.05) is 28.8 Å². The van der Waals surface area contributed by atoms with Gasteiger partial charge in [-0.1, -0.05) is 42.5 Å². The molecule has 0 aliphatic carbocycles. The Hall–Kier alpha value is -3.43. The van der Waals surface area contributed by atoms with Crippen molar-refractivity contribution in [1.82, 2.24) is 9.66 Å². The van der Waals surface area contributed by atoms with Crippen molar-refractivity contribution in [2.75, 3.05) is 22.6 Å². The number of carbonyl (C=O) groups is 2. The minimum atomic E-state index is -0.367. The van der Waals surface area contributed by atoms with Crippen molar-refractivity contribution in [3.8, 4) is 11.1 Å². The molecule has 0 atom stereocenters. The first-order valence-corrected chi connectivity index (χ1v) is 11.8. The van der Waals surface area contributed by atoms with Gasteiger partial charge in [-0.25, -0.2) is 9.66 Å². The van der Waals surface area contributed by atoms with E-state index in [9.17, 15) is 14.4 Å². The van der Waals surface area contributed by atoms with E-state index < -0.39 is 0 Å². The molecule has 3 heterocycles. The zero-order chi connectivity index (χ0) is 22.1. The summed E-state index contributed by atoms with van der Waals surface area (Å²) in [5.74, 6) is -0.0557. The Morgan fingerprint density at radius 2 is 1.84 bits per heavy atom. The van der Waals surface area contributed by atoms with Crippen molar-refractivity contribution in [3.05, 3.63) is 76.7 Å². The number of fused-ring (bicyclic) bond motifs is 2. The minimum Gasteiger partial charge on any atom is -0.310 e. The Morgan fingerprint density at radius 3 is 2.69 bits per heavy atom. The number of rotatable bonds is 5. The molecule has 0 saturated heterocycles. The van der Waals surface area contributed by atoms with Crippen molar-refractivity contribution in [3.63, 3.8) is 0 Å². The summed E-state index contributed by atoms with van der Waals surface area (Å²) in [6.07, 6.45) is 1.39. The predicted octanol–water partition coefficient (Wildman–Crippen LogP) is 3.72. The molecule has 4 aromatic rings. The van der Waals surface area contributed by atoms with Crippen LogP contribution in [0.4, 0.5) is 5.69 Å². The summed E-state index contributed by atoms with van der Waals surface area (Å²) in [5.41, 5.74) is 4.80. The monoisotopic (exact) mass is 462 g/mol. The molecule has 0 saturated carbocycles. The van der Waals surface area contributed by atoms with Gasteiger partial charge in [0.1, 0.15) is 11.2 Å². The molecule has 5 rings (SSSR count). The number of amides is 2. The Labute approximate surface area is 191 Å². The first-order valence-electron chi connectivity index (χ1n) is 9.98. The van der Waals surface area contributed by atoms with E-state index in [-0.39, 0.29) is 30.3 Å². The lowest BCUT2D eigenvalue weighted by atomic mass is 10.1. The highest BCUT2D eigenvalue weighted by Crippen LogP contribution is 2.35. The molecule has 160 valence electrons. The van der Waals surface area contributed by atoms with Crippen LogP contribution in [0.2, 0.25) is 0 Å². The molecule has 32 heavy (non-hydrogen) atoms. The summed E-state index contributed by atoms with van der Waals surface area (Å²) in [4.78, 5) is 45.7. The fraction of sp³-hybridized carbons (Fsp3) is 0.130. The summed E-state index contributed by atoms with van der Waals surface area (Å²) in [6.45, 7) is 0.236. The number of benzene rings is 2. The Kier molecular flexibility index (Phi) is 5.50. The number of anilines is 1. The number of thiophene rings is 1. The van der Waals surface area contributed by atoms with Gasteiger partial charge in [-0.15, -0.1) is 23.1 Å². The van der Waals surface area contributed by atoms with Gasteiger partial charge in [-0.2, -0.15) is 0 Å². The van der Waals surface area contributed by atoms with E-state index >= 15 is 0 Å². The largest absolute Gasteiger partial charge is 0.310 e. The average molecular weight is 463 g/mol. The first-order chi connectivity index (χ1) is 15.6. The highest BCUT2D eigenvalue weighted by atomic mass is 32.2. The van der Waals surface area contributed by atoms with Gasteiger partial charge in [-0.3, -0.25) is 19.8 Å². The van der Waals surface area contributed by atoms with Gasteiger partial charge in [0.2, 0.25) is 11.8 Å².